The Morgan fingerprint density at radius 2 is 1.97 bits per heavy atom. The summed E-state index contributed by atoms with van der Waals surface area (Å²) in [6, 6.07) is 1.63. The minimum Gasteiger partial charge on any atom is -0.393 e. The number of nitrogens with zero attached hydrogens (tertiary/aromatic N) is 4. The van der Waals surface area contributed by atoms with Gasteiger partial charge in [-0.05, 0) is 19.9 Å². The van der Waals surface area contributed by atoms with E-state index < -0.39 is 37.4 Å². The molecule has 0 aliphatic carbocycles. The molecule has 0 spiro atoms. The Labute approximate surface area is 188 Å². The summed E-state index contributed by atoms with van der Waals surface area (Å²) < 4.78 is 15.7. The van der Waals surface area contributed by atoms with Crippen LogP contribution in [0.15, 0.2) is 30.9 Å². The molecule has 172 valence electrons. The highest BCUT2D eigenvalue weighted by molar-refractivity contribution is 6.30. The fourth-order valence-electron chi connectivity index (χ4n) is 2.96. The lowest BCUT2D eigenvalue weighted by molar-refractivity contribution is -0.103. The number of fused-ring (bicyclic) bond motifs is 1. The van der Waals surface area contributed by atoms with Crippen LogP contribution in [0.1, 0.15) is 24.2 Å². The third-order valence-electron chi connectivity index (χ3n) is 4.77. The molecule has 0 aliphatic rings. The van der Waals surface area contributed by atoms with Gasteiger partial charge in [0.25, 0.3) is 5.91 Å². The molecule has 10 nitrogen and oxygen atoms in total. The average Bonchev–Trinajstić information content (AvgIpc) is 3.19. The summed E-state index contributed by atoms with van der Waals surface area (Å²) in [6.45, 7) is 1.19. The summed E-state index contributed by atoms with van der Waals surface area (Å²) in [5.74, 6) is -0.641. The van der Waals surface area contributed by atoms with E-state index in [9.17, 15) is 14.3 Å². The van der Waals surface area contributed by atoms with E-state index >= 15 is 0 Å². The van der Waals surface area contributed by atoms with E-state index in [1.54, 1.807) is 18.5 Å². The van der Waals surface area contributed by atoms with Gasteiger partial charge >= 0.3 is 0 Å². The Morgan fingerprint density at radius 1 is 1.25 bits per heavy atom. The number of aromatic nitrogens is 4. The van der Waals surface area contributed by atoms with Crippen LogP contribution < -0.4 is 10.6 Å². The molecule has 0 radical (unpaired) electrons. The van der Waals surface area contributed by atoms with Crippen molar-refractivity contribution >= 4 is 28.8 Å². The van der Waals surface area contributed by atoms with Crippen molar-refractivity contribution in [2.75, 3.05) is 25.1 Å². The van der Waals surface area contributed by atoms with Crippen LogP contribution in [0.4, 0.5) is 10.1 Å². The average molecular weight is 467 g/mol. The van der Waals surface area contributed by atoms with E-state index in [0.29, 0.717) is 27.6 Å². The number of hydrogen-bond donors (Lipinski definition) is 5. The normalized spacial score (nSPS) is 12.9. The lowest BCUT2D eigenvalue weighted by atomic mass is 10.00. The zero-order chi connectivity index (χ0) is 23.5. The van der Waals surface area contributed by atoms with E-state index in [0.717, 1.165) is 0 Å². The van der Waals surface area contributed by atoms with E-state index in [1.165, 1.54) is 16.9 Å². The molecule has 0 unspecified atom stereocenters. The number of carbonyl (C=O) groups is 1. The molecule has 1 atom stereocenters. The van der Waals surface area contributed by atoms with Crippen molar-refractivity contribution in [3.05, 3.63) is 41.4 Å². The highest BCUT2D eigenvalue weighted by atomic mass is 35.5. The predicted octanol–water partition coefficient (Wildman–Crippen LogP) is 1.05. The molecule has 32 heavy (non-hydrogen) atoms. The number of amides is 1. The summed E-state index contributed by atoms with van der Waals surface area (Å²) in [6.07, 6.45) is 3.94. The first kappa shape index (κ1) is 23.8. The predicted molar refractivity (Wildman–Crippen MR) is 116 cm³/mol. The van der Waals surface area contributed by atoms with Crippen LogP contribution in [0.25, 0.3) is 16.9 Å². The van der Waals surface area contributed by atoms with Gasteiger partial charge in [-0.3, -0.25) is 9.78 Å². The highest BCUT2D eigenvalue weighted by Crippen LogP contribution is 2.27. The molecule has 3 aromatic rings. The van der Waals surface area contributed by atoms with Crippen LogP contribution in [0, 0.1) is 0 Å². The number of pyridine rings is 1. The quantitative estimate of drug-likeness (QED) is 0.314. The van der Waals surface area contributed by atoms with Crippen molar-refractivity contribution < 1.29 is 24.5 Å². The number of carbonyl (C=O) groups excluding carboxylic acids is 1. The number of hydrogen-bond acceptors (Lipinski definition) is 8. The zero-order valence-electron chi connectivity index (χ0n) is 17.5. The molecule has 0 fully saturated rings. The van der Waals surface area contributed by atoms with Gasteiger partial charge < -0.3 is 26.0 Å². The van der Waals surface area contributed by atoms with Crippen molar-refractivity contribution in [2.24, 2.45) is 0 Å². The van der Waals surface area contributed by atoms with Crippen LogP contribution >= 0.6 is 11.6 Å². The number of aliphatic hydroxyl groups is 3. The fourth-order valence-corrected chi connectivity index (χ4v) is 3.10. The van der Waals surface area contributed by atoms with E-state index in [1.807, 2.05) is 13.8 Å². The SMILES string of the molecule is CC(C)Nc1cc(-c2cnn3cc(Cl)cnc23)ncc1C(=O)NC[C@@H](F)C(O)(CO)CO. The molecule has 3 rings (SSSR count). The van der Waals surface area contributed by atoms with Gasteiger partial charge in [-0.25, -0.2) is 13.9 Å². The molecule has 1 amide bonds. The Kier molecular flexibility index (Phi) is 7.24. The number of halogens is 2. The first-order chi connectivity index (χ1) is 15.2. The van der Waals surface area contributed by atoms with E-state index in [2.05, 4.69) is 25.7 Å². The smallest absolute Gasteiger partial charge is 0.255 e. The molecule has 0 saturated carbocycles. The second-order valence-electron chi connectivity index (χ2n) is 7.61. The largest absolute Gasteiger partial charge is 0.393 e. The third kappa shape index (κ3) is 4.96. The van der Waals surface area contributed by atoms with Crippen LogP contribution in [0.3, 0.4) is 0 Å². The molecule has 0 aromatic carbocycles. The van der Waals surface area contributed by atoms with E-state index in [-0.39, 0.29) is 11.6 Å². The molecule has 12 heteroatoms. The topological polar surface area (TPSA) is 145 Å². The van der Waals surface area contributed by atoms with Gasteiger partial charge in [0, 0.05) is 18.4 Å². The van der Waals surface area contributed by atoms with Crippen molar-refractivity contribution in [3.63, 3.8) is 0 Å². The summed E-state index contributed by atoms with van der Waals surface area (Å²) >= 11 is 5.95. The first-order valence-electron chi connectivity index (χ1n) is 9.80. The van der Waals surface area contributed by atoms with Gasteiger partial charge in [-0.2, -0.15) is 5.10 Å². The molecule has 0 bridgehead atoms. The monoisotopic (exact) mass is 466 g/mol. The minimum absolute atomic E-state index is 0.0274. The van der Waals surface area contributed by atoms with Crippen LogP contribution in [0.5, 0.6) is 0 Å². The first-order valence-corrected chi connectivity index (χ1v) is 10.2. The standard InChI is InChI=1S/C20H24ClFN6O4/c1-11(2)27-16-3-15(13-6-26-28-8-12(21)4-24-18(13)28)23-5-14(16)19(31)25-7-17(22)20(32,9-29)10-30/h3-6,8,11,17,29-30,32H,7,9-10H2,1-2H3,(H,23,27)(H,25,31)/t17-/m1/s1. The second kappa shape index (κ2) is 9.74. The van der Waals surface area contributed by atoms with Crippen molar-refractivity contribution in [2.45, 2.75) is 31.7 Å². The second-order valence-corrected chi connectivity index (χ2v) is 8.05. The minimum atomic E-state index is -2.35. The van der Waals surface area contributed by atoms with Gasteiger partial charge in [-0.15, -0.1) is 0 Å². The van der Waals surface area contributed by atoms with Crippen molar-refractivity contribution in [1.82, 2.24) is 24.9 Å². The number of rotatable bonds is 9. The Bertz CT molecular complexity index is 1100. The summed E-state index contributed by atoms with van der Waals surface area (Å²) in [4.78, 5) is 21.3. The zero-order valence-corrected chi connectivity index (χ0v) is 18.2. The molecular weight excluding hydrogens is 443 g/mol. The summed E-state index contributed by atoms with van der Waals surface area (Å²) in [5.41, 5.74) is -0.0898. The number of anilines is 1. The molecular formula is C20H24ClFN6O4. The third-order valence-corrected chi connectivity index (χ3v) is 4.96. The maximum Gasteiger partial charge on any atom is 0.255 e. The van der Waals surface area contributed by atoms with Gasteiger partial charge in [0.05, 0.1) is 59.7 Å². The van der Waals surface area contributed by atoms with Gasteiger partial charge in [0.2, 0.25) is 0 Å². The Hall–Kier alpha value is -2.86. The molecule has 0 saturated heterocycles. The highest BCUT2D eigenvalue weighted by Gasteiger charge is 2.36. The lowest BCUT2D eigenvalue weighted by Crippen LogP contribution is -2.51. The van der Waals surface area contributed by atoms with Crippen molar-refractivity contribution in [3.8, 4) is 11.3 Å². The van der Waals surface area contributed by atoms with Crippen molar-refractivity contribution in [1.29, 1.82) is 0 Å². The fraction of sp³-hybridized carbons (Fsp3) is 0.400. The molecule has 3 heterocycles. The van der Waals surface area contributed by atoms with E-state index in [4.69, 9.17) is 21.8 Å². The molecule has 5 N–H and O–H groups in total. The van der Waals surface area contributed by atoms with Gasteiger partial charge in [0.1, 0.15) is 5.60 Å². The lowest BCUT2D eigenvalue weighted by Gasteiger charge is -2.27. The van der Waals surface area contributed by atoms with Crippen LogP contribution in [0.2, 0.25) is 5.02 Å². The Balaban J connectivity index is 1.89. The number of nitrogens with one attached hydrogen (secondary N) is 2. The molecule has 3 aromatic heterocycles. The molecule has 0 aliphatic heterocycles. The maximum absolute atomic E-state index is 14.2. The van der Waals surface area contributed by atoms with Gasteiger partial charge in [-0.1, -0.05) is 11.6 Å². The van der Waals surface area contributed by atoms with Crippen LogP contribution in [-0.2, 0) is 0 Å². The maximum atomic E-state index is 14.2. The number of alkyl halides is 1. The Morgan fingerprint density at radius 3 is 2.62 bits per heavy atom. The van der Waals surface area contributed by atoms with Crippen LogP contribution in [-0.4, -0.2) is 78.4 Å². The summed E-state index contributed by atoms with van der Waals surface area (Å²) in [7, 11) is 0. The summed E-state index contributed by atoms with van der Waals surface area (Å²) in [5, 5.41) is 38.2. The van der Waals surface area contributed by atoms with Gasteiger partial charge in [0.15, 0.2) is 11.8 Å². The number of aliphatic hydroxyl groups excluding tert-OH is 2.